The zero-order valence-corrected chi connectivity index (χ0v) is 4.64. The monoisotopic (exact) mass is 119 g/mol. The summed E-state index contributed by atoms with van der Waals surface area (Å²) in [6.07, 6.45) is 2.55. The van der Waals surface area contributed by atoms with Gasteiger partial charge in [0.05, 0.1) is 0 Å². The molecule has 0 aromatic rings. The first-order chi connectivity index (χ1) is 3.35. The van der Waals surface area contributed by atoms with Gasteiger partial charge in [-0.1, -0.05) is 0 Å². The van der Waals surface area contributed by atoms with Crippen LogP contribution in [0.1, 0.15) is 0 Å². The predicted molar refractivity (Wildman–Crippen MR) is 27.5 cm³/mol. The summed E-state index contributed by atoms with van der Waals surface area (Å²) in [4.78, 5) is 19.3. The lowest BCUT2D eigenvalue weighted by Crippen LogP contribution is -2.07. The number of carbonyl (C=O) groups is 2. The molecular weight excluding hydrogens is 114 g/mol. The summed E-state index contributed by atoms with van der Waals surface area (Å²) in [5, 5.41) is 0. The third-order valence-electron chi connectivity index (χ3n) is 0.419. The molecule has 0 N–H and O–H groups in total. The first kappa shape index (κ1) is 6.49. The summed E-state index contributed by atoms with van der Waals surface area (Å²) in [5.74, 6) is 0. The van der Waals surface area contributed by atoms with E-state index < -0.39 is 0 Å². The normalized spacial score (nSPS) is 7.57. The van der Waals surface area contributed by atoms with Crippen molar-refractivity contribution in [3.8, 4) is 0 Å². The van der Waals surface area contributed by atoms with Crippen molar-refractivity contribution in [2.75, 3.05) is 6.26 Å². The molecular formula is C3H5NO2S. The van der Waals surface area contributed by atoms with Crippen LogP contribution in [-0.4, -0.2) is 23.4 Å². The lowest BCUT2D eigenvalue weighted by atomic mass is 11.2. The van der Waals surface area contributed by atoms with Gasteiger partial charge >= 0.3 is 0 Å². The standard InChI is InChI=1S/C3H5NO2S/c1-7-4(2-5)3-6/h2-3H,1H3. The Labute approximate surface area is 45.8 Å². The lowest BCUT2D eigenvalue weighted by molar-refractivity contribution is -0.123. The van der Waals surface area contributed by atoms with E-state index in [9.17, 15) is 9.59 Å². The van der Waals surface area contributed by atoms with Crippen molar-refractivity contribution in [3.63, 3.8) is 0 Å². The van der Waals surface area contributed by atoms with Gasteiger partial charge in [-0.05, 0) is 11.9 Å². The van der Waals surface area contributed by atoms with Gasteiger partial charge in [-0.25, -0.2) is 4.31 Å². The summed E-state index contributed by atoms with van der Waals surface area (Å²) in [5.41, 5.74) is 0. The number of hydrogen-bond donors (Lipinski definition) is 0. The summed E-state index contributed by atoms with van der Waals surface area (Å²) in [6.45, 7) is 0. The highest BCUT2D eigenvalue weighted by Gasteiger charge is 1.89. The minimum Gasteiger partial charge on any atom is -0.277 e. The summed E-state index contributed by atoms with van der Waals surface area (Å²) in [7, 11) is 0. The van der Waals surface area contributed by atoms with Crippen molar-refractivity contribution >= 4 is 24.8 Å². The Balaban J connectivity index is 3.36. The zero-order chi connectivity index (χ0) is 5.70. The van der Waals surface area contributed by atoms with Crippen molar-refractivity contribution in [1.29, 1.82) is 0 Å². The van der Waals surface area contributed by atoms with Crippen LogP contribution in [0.4, 0.5) is 0 Å². The second-order valence-corrected chi connectivity index (χ2v) is 1.54. The van der Waals surface area contributed by atoms with Crippen LogP contribution in [0.3, 0.4) is 0 Å². The van der Waals surface area contributed by atoms with E-state index in [1.54, 1.807) is 6.26 Å². The predicted octanol–water partition coefficient (Wildman–Crippen LogP) is -0.121. The molecule has 0 saturated carbocycles. The van der Waals surface area contributed by atoms with E-state index in [2.05, 4.69) is 0 Å². The molecule has 40 valence electrons. The quantitative estimate of drug-likeness (QED) is 0.384. The van der Waals surface area contributed by atoms with E-state index in [4.69, 9.17) is 0 Å². The Morgan fingerprint density at radius 3 is 1.86 bits per heavy atom. The molecule has 0 bridgehead atoms. The Morgan fingerprint density at radius 2 is 1.86 bits per heavy atom. The number of hydrogen-bond acceptors (Lipinski definition) is 3. The molecule has 0 spiro atoms. The third kappa shape index (κ3) is 2.22. The fourth-order valence-corrected chi connectivity index (χ4v) is 0.283. The molecule has 0 atom stereocenters. The van der Waals surface area contributed by atoms with E-state index >= 15 is 0 Å². The fraction of sp³-hybridized carbons (Fsp3) is 0.333. The SMILES string of the molecule is CSN(C=O)C=O. The first-order valence-corrected chi connectivity index (χ1v) is 2.76. The van der Waals surface area contributed by atoms with Crippen LogP contribution in [0.25, 0.3) is 0 Å². The van der Waals surface area contributed by atoms with Gasteiger partial charge in [-0.3, -0.25) is 9.59 Å². The van der Waals surface area contributed by atoms with Gasteiger partial charge in [0.15, 0.2) is 0 Å². The van der Waals surface area contributed by atoms with Crippen LogP contribution in [-0.2, 0) is 9.59 Å². The van der Waals surface area contributed by atoms with Crippen molar-refractivity contribution in [3.05, 3.63) is 0 Å². The molecule has 0 radical (unpaired) electrons. The highest BCUT2D eigenvalue weighted by atomic mass is 32.2. The van der Waals surface area contributed by atoms with Crippen LogP contribution in [0.2, 0.25) is 0 Å². The molecule has 3 nitrogen and oxygen atoms in total. The molecule has 0 aromatic heterocycles. The molecule has 0 aliphatic heterocycles. The minimum absolute atomic E-state index is 0.456. The molecule has 0 aromatic carbocycles. The number of rotatable bonds is 3. The number of imide groups is 1. The van der Waals surface area contributed by atoms with Gasteiger partial charge in [0, 0.05) is 6.26 Å². The van der Waals surface area contributed by atoms with Gasteiger partial charge in [0.2, 0.25) is 12.8 Å². The maximum absolute atomic E-state index is 9.64. The number of carbonyl (C=O) groups excluding carboxylic acids is 2. The molecule has 0 aliphatic carbocycles. The van der Waals surface area contributed by atoms with Crippen molar-refractivity contribution in [1.82, 2.24) is 4.31 Å². The first-order valence-electron chi connectivity index (χ1n) is 1.58. The molecule has 2 amide bonds. The average Bonchev–Trinajstić information content (AvgIpc) is 1.72. The van der Waals surface area contributed by atoms with Crippen molar-refractivity contribution in [2.24, 2.45) is 0 Å². The Kier molecular flexibility index (Phi) is 3.40. The van der Waals surface area contributed by atoms with E-state index in [-0.39, 0.29) is 0 Å². The second-order valence-electron chi connectivity index (χ2n) is 0.753. The molecule has 7 heavy (non-hydrogen) atoms. The topological polar surface area (TPSA) is 37.4 Å². The molecule has 0 aliphatic rings. The highest BCUT2D eigenvalue weighted by molar-refractivity contribution is 7.97. The summed E-state index contributed by atoms with van der Waals surface area (Å²) in [6, 6.07) is 0. The smallest absolute Gasteiger partial charge is 0.226 e. The van der Waals surface area contributed by atoms with Crippen LogP contribution < -0.4 is 0 Å². The summed E-state index contributed by atoms with van der Waals surface area (Å²) < 4.78 is 0.931. The van der Waals surface area contributed by atoms with E-state index in [0.717, 1.165) is 16.3 Å². The number of nitrogens with zero attached hydrogens (tertiary/aromatic N) is 1. The van der Waals surface area contributed by atoms with E-state index in [1.165, 1.54) is 0 Å². The molecule has 4 heteroatoms. The fourth-order valence-electron chi connectivity index (χ4n) is 0.111. The molecule has 0 unspecified atom stereocenters. The largest absolute Gasteiger partial charge is 0.277 e. The molecule has 0 heterocycles. The zero-order valence-electron chi connectivity index (χ0n) is 3.83. The third-order valence-corrected chi connectivity index (χ3v) is 1.01. The Bertz CT molecular complexity index is 67.3. The maximum atomic E-state index is 9.64. The van der Waals surface area contributed by atoms with Crippen molar-refractivity contribution in [2.45, 2.75) is 0 Å². The number of amides is 2. The highest BCUT2D eigenvalue weighted by Crippen LogP contribution is 1.93. The van der Waals surface area contributed by atoms with E-state index in [0.29, 0.717) is 12.8 Å². The lowest BCUT2D eigenvalue weighted by Gasteiger charge is -1.98. The van der Waals surface area contributed by atoms with Gasteiger partial charge in [-0.15, -0.1) is 0 Å². The van der Waals surface area contributed by atoms with Crippen LogP contribution in [0.15, 0.2) is 0 Å². The van der Waals surface area contributed by atoms with Gasteiger partial charge < -0.3 is 0 Å². The molecule has 0 fully saturated rings. The van der Waals surface area contributed by atoms with E-state index in [1.807, 2.05) is 0 Å². The second kappa shape index (κ2) is 3.67. The minimum atomic E-state index is 0.456. The molecule has 0 rings (SSSR count). The Hall–Kier alpha value is -0.510. The van der Waals surface area contributed by atoms with Gasteiger partial charge in [-0.2, -0.15) is 0 Å². The summed E-state index contributed by atoms with van der Waals surface area (Å²) >= 11 is 1.07. The Morgan fingerprint density at radius 1 is 1.43 bits per heavy atom. The van der Waals surface area contributed by atoms with Crippen LogP contribution >= 0.6 is 11.9 Å². The maximum Gasteiger partial charge on any atom is 0.226 e. The molecule has 0 saturated heterocycles. The van der Waals surface area contributed by atoms with Gasteiger partial charge in [0.1, 0.15) is 0 Å². The van der Waals surface area contributed by atoms with Gasteiger partial charge in [0.25, 0.3) is 0 Å². The average molecular weight is 119 g/mol. The van der Waals surface area contributed by atoms with Crippen LogP contribution in [0.5, 0.6) is 0 Å². The van der Waals surface area contributed by atoms with Crippen molar-refractivity contribution < 1.29 is 9.59 Å². The van der Waals surface area contributed by atoms with Crippen LogP contribution in [0, 0.1) is 0 Å².